The lowest BCUT2D eigenvalue weighted by Gasteiger charge is -2.34. The van der Waals surface area contributed by atoms with Crippen molar-refractivity contribution in [2.75, 3.05) is 26.2 Å². The highest BCUT2D eigenvalue weighted by Gasteiger charge is 2.28. The van der Waals surface area contributed by atoms with Gasteiger partial charge in [0, 0.05) is 19.1 Å². The maximum atomic E-state index is 3.72. The molecule has 102 valence electrons. The van der Waals surface area contributed by atoms with Crippen molar-refractivity contribution >= 4 is 0 Å². The van der Waals surface area contributed by atoms with Crippen LogP contribution < -0.4 is 5.32 Å². The Balaban J connectivity index is 2.54. The first kappa shape index (κ1) is 15.0. The van der Waals surface area contributed by atoms with Crippen molar-refractivity contribution in [2.24, 2.45) is 11.3 Å². The van der Waals surface area contributed by atoms with Crippen molar-refractivity contribution in [1.29, 1.82) is 0 Å². The molecule has 0 aromatic rings. The van der Waals surface area contributed by atoms with Crippen LogP contribution in [0.5, 0.6) is 0 Å². The molecule has 2 nitrogen and oxygen atoms in total. The third-order valence-electron chi connectivity index (χ3n) is 4.20. The maximum Gasteiger partial charge on any atom is 0.0243 e. The minimum atomic E-state index is 0.372. The Kier molecular flexibility index (Phi) is 5.94. The van der Waals surface area contributed by atoms with Gasteiger partial charge in [0.15, 0.2) is 0 Å². The molecule has 1 atom stereocenters. The van der Waals surface area contributed by atoms with Gasteiger partial charge in [0.25, 0.3) is 0 Å². The van der Waals surface area contributed by atoms with Gasteiger partial charge in [-0.15, -0.1) is 0 Å². The molecule has 1 unspecified atom stereocenters. The minimum absolute atomic E-state index is 0.372. The van der Waals surface area contributed by atoms with E-state index in [9.17, 15) is 0 Å². The normalized spacial score (nSPS) is 24.0. The molecule has 0 bridgehead atoms. The summed E-state index contributed by atoms with van der Waals surface area (Å²) in [6.07, 6.45) is 3.94. The lowest BCUT2D eigenvalue weighted by atomic mass is 9.86. The Labute approximate surface area is 108 Å². The van der Waals surface area contributed by atoms with Crippen LogP contribution >= 0.6 is 0 Å². The molecule has 0 aromatic heterocycles. The highest BCUT2D eigenvalue weighted by Crippen LogP contribution is 2.22. The van der Waals surface area contributed by atoms with Crippen LogP contribution in [-0.4, -0.2) is 37.1 Å². The predicted octanol–water partition coefficient (Wildman–Crippen LogP) is 3.13. The summed E-state index contributed by atoms with van der Waals surface area (Å²) in [5, 5.41) is 3.72. The van der Waals surface area contributed by atoms with E-state index in [0.29, 0.717) is 11.5 Å². The first-order chi connectivity index (χ1) is 7.97. The van der Waals surface area contributed by atoms with Crippen LogP contribution in [0.4, 0.5) is 0 Å². The highest BCUT2D eigenvalue weighted by molar-refractivity contribution is 4.86. The quantitative estimate of drug-likeness (QED) is 0.812. The van der Waals surface area contributed by atoms with E-state index >= 15 is 0 Å². The zero-order valence-corrected chi connectivity index (χ0v) is 12.6. The second-order valence-corrected chi connectivity index (χ2v) is 6.67. The fourth-order valence-electron chi connectivity index (χ4n) is 2.65. The van der Waals surface area contributed by atoms with E-state index in [0.717, 1.165) is 5.92 Å². The molecule has 1 heterocycles. The molecule has 0 amide bonds. The van der Waals surface area contributed by atoms with Gasteiger partial charge in [-0.1, -0.05) is 47.5 Å². The Morgan fingerprint density at radius 3 is 2.41 bits per heavy atom. The van der Waals surface area contributed by atoms with Crippen LogP contribution in [0.15, 0.2) is 0 Å². The number of hydrogen-bond acceptors (Lipinski definition) is 2. The Morgan fingerprint density at radius 2 is 1.88 bits per heavy atom. The van der Waals surface area contributed by atoms with Crippen LogP contribution in [0.25, 0.3) is 0 Å². The minimum Gasteiger partial charge on any atom is -0.312 e. The van der Waals surface area contributed by atoms with Gasteiger partial charge in [0.1, 0.15) is 0 Å². The van der Waals surface area contributed by atoms with Crippen molar-refractivity contribution < 1.29 is 0 Å². The maximum absolute atomic E-state index is 3.72. The summed E-state index contributed by atoms with van der Waals surface area (Å²) in [4.78, 5) is 2.69. The van der Waals surface area contributed by atoms with Gasteiger partial charge in [-0.3, -0.25) is 0 Å². The molecule has 0 radical (unpaired) electrons. The van der Waals surface area contributed by atoms with E-state index in [1.165, 1.54) is 45.4 Å². The van der Waals surface area contributed by atoms with Crippen molar-refractivity contribution in [2.45, 2.75) is 59.9 Å². The molecule has 1 saturated heterocycles. The fourth-order valence-corrected chi connectivity index (χ4v) is 2.65. The van der Waals surface area contributed by atoms with Crippen LogP contribution in [-0.2, 0) is 0 Å². The van der Waals surface area contributed by atoms with Crippen molar-refractivity contribution in [3.63, 3.8) is 0 Å². The number of nitrogens with zero attached hydrogens (tertiary/aromatic N) is 1. The van der Waals surface area contributed by atoms with Gasteiger partial charge in [-0.2, -0.15) is 0 Å². The molecule has 1 aliphatic heterocycles. The van der Waals surface area contributed by atoms with Gasteiger partial charge in [0.2, 0.25) is 0 Å². The fraction of sp³-hybridized carbons (Fsp3) is 1.00. The average Bonchev–Trinajstić information content (AvgIpc) is 2.50. The van der Waals surface area contributed by atoms with E-state index in [-0.39, 0.29) is 0 Å². The van der Waals surface area contributed by atoms with Gasteiger partial charge in [-0.25, -0.2) is 0 Å². The van der Waals surface area contributed by atoms with Crippen molar-refractivity contribution in [1.82, 2.24) is 10.2 Å². The molecule has 17 heavy (non-hydrogen) atoms. The monoisotopic (exact) mass is 240 g/mol. The molecule has 1 aliphatic rings. The van der Waals surface area contributed by atoms with E-state index in [2.05, 4.69) is 44.8 Å². The first-order valence-corrected chi connectivity index (χ1v) is 7.43. The number of hydrogen-bond donors (Lipinski definition) is 1. The largest absolute Gasteiger partial charge is 0.312 e. The summed E-state index contributed by atoms with van der Waals surface area (Å²) in [5.41, 5.74) is 0.372. The number of nitrogens with one attached hydrogen (secondary N) is 1. The van der Waals surface area contributed by atoms with Gasteiger partial charge >= 0.3 is 0 Å². The molecule has 0 aliphatic carbocycles. The number of rotatable bonds is 4. The van der Waals surface area contributed by atoms with E-state index in [1.54, 1.807) is 0 Å². The van der Waals surface area contributed by atoms with E-state index in [4.69, 9.17) is 0 Å². The third kappa shape index (κ3) is 4.97. The summed E-state index contributed by atoms with van der Waals surface area (Å²) >= 11 is 0. The van der Waals surface area contributed by atoms with Crippen LogP contribution in [0.2, 0.25) is 0 Å². The lowest BCUT2D eigenvalue weighted by Crippen LogP contribution is -2.47. The molecular formula is C15H32N2. The zero-order valence-electron chi connectivity index (χ0n) is 12.6. The SMILES string of the molecule is CCC(CC)CN1CCCNC(C(C)(C)C)C1. The predicted molar refractivity (Wildman–Crippen MR) is 76.4 cm³/mol. The van der Waals surface area contributed by atoms with E-state index < -0.39 is 0 Å². The van der Waals surface area contributed by atoms with Crippen LogP contribution in [0.3, 0.4) is 0 Å². The summed E-state index contributed by atoms with van der Waals surface area (Å²) in [6.45, 7) is 16.7. The van der Waals surface area contributed by atoms with Gasteiger partial charge in [-0.05, 0) is 30.8 Å². The molecule has 1 fully saturated rings. The van der Waals surface area contributed by atoms with Gasteiger partial charge in [0.05, 0.1) is 0 Å². The Bertz CT molecular complexity index is 203. The second kappa shape index (κ2) is 6.75. The van der Waals surface area contributed by atoms with Crippen LogP contribution in [0.1, 0.15) is 53.9 Å². The van der Waals surface area contributed by atoms with Gasteiger partial charge < -0.3 is 10.2 Å². The van der Waals surface area contributed by atoms with Crippen LogP contribution in [0, 0.1) is 11.3 Å². The molecule has 0 spiro atoms. The van der Waals surface area contributed by atoms with Crippen molar-refractivity contribution in [3.8, 4) is 0 Å². The summed E-state index contributed by atoms with van der Waals surface area (Å²) in [6, 6.07) is 0.638. The Morgan fingerprint density at radius 1 is 1.24 bits per heavy atom. The molecule has 0 aromatic carbocycles. The Hall–Kier alpha value is -0.0800. The molecular weight excluding hydrogens is 208 g/mol. The summed E-state index contributed by atoms with van der Waals surface area (Å²) in [5.74, 6) is 0.883. The summed E-state index contributed by atoms with van der Waals surface area (Å²) < 4.78 is 0. The summed E-state index contributed by atoms with van der Waals surface area (Å²) in [7, 11) is 0. The van der Waals surface area contributed by atoms with Crippen molar-refractivity contribution in [3.05, 3.63) is 0 Å². The first-order valence-electron chi connectivity index (χ1n) is 7.43. The average molecular weight is 240 g/mol. The molecule has 1 N–H and O–H groups in total. The standard InChI is InChI=1S/C15H32N2/c1-6-13(7-2)11-17-10-8-9-16-14(12-17)15(3,4)5/h13-14,16H,6-12H2,1-5H3. The molecule has 2 heteroatoms. The lowest BCUT2D eigenvalue weighted by molar-refractivity contribution is 0.174. The third-order valence-corrected chi connectivity index (χ3v) is 4.20. The smallest absolute Gasteiger partial charge is 0.0243 e. The second-order valence-electron chi connectivity index (χ2n) is 6.67. The molecule has 1 rings (SSSR count). The zero-order chi connectivity index (χ0) is 12.9. The topological polar surface area (TPSA) is 15.3 Å². The van der Waals surface area contributed by atoms with E-state index in [1.807, 2.05) is 0 Å². The highest BCUT2D eigenvalue weighted by atomic mass is 15.2. The molecule has 0 saturated carbocycles.